The molecular formula is C13H18N2O2. The lowest BCUT2D eigenvalue weighted by atomic mass is 10.1. The molecule has 0 aliphatic heterocycles. The molecule has 2 rings (SSSR count). The van der Waals surface area contributed by atoms with Gasteiger partial charge in [-0.1, -0.05) is 0 Å². The van der Waals surface area contributed by atoms with Crippen molar-refractivity contribution < 1.29 is 9.90 Å². The summed E-state index contributed by atoms with van der Waals surface area (Å²) < 4.78 is 0. The minimum Gasteiger partial charge on any atom is -0.393 e. The van der Waals surface area contributed by atoms with E-state index >= 15 is 0 Å². The number of rotatable bonds is 5. The maximum absolute atomic E-state index is 11.8. The molecule has 1 unspecified atom stereocenters. The molecule has 1 aliphatic rings. The average molecular weight is 234 g/mol. The van der Waals surface area contributed by atoms with Crippen LogP contribution in [0.4, 0.5) is 0 Å². The van der Waals surface area contributed by atoms with Crippen molar-refractivity contribution in [1.29, 1.82) is 0 Å². The molecule has 0 aromatic carbocycles. The zero-order valence-electron chi connectivity index (χ0n) is 10.0. The number of carbonyl (C=O) groups excluding carboxylic acids is 1. The van der Waals surface area contributed by atoms with Crippen LogP contribution in [0.1, 0.15) is 35.3 Å². The lowest BCUT2D eigenvalue weighted by Crippen LogP contribution is -2.28. The Hall–Kier alpha value is -1.42. The predicted molar refractivity (Wildman–Crippen MR) is 64.7 cm³/mol. The van der Waals surface area contributed by atoms with Crippen molar-refractivity contribution in [3.8, 4) is 0 Å². The van der Waals surface area contributed by atoms with Gasteiger partial charge in [0.2, 0.25) is 0 Å². The molecule has 0 saturated heterocycles. The summed E-state index contributed by atoms with van der Waals surface area (Å²) in [6.45, 7) is 2.33. The molecule has 1 saturated carbocycles. The van der Waals surface area contributed by atoms with Crippen LogP contribution in [0.2, 0.25) is 0 Å². The van der Waals surface area contributed by atoms with Crippen LogP contribution in [0.3, 0.4) is 0 Å². The van der Waals surface area contributed by atoms with Crippen LogP contribution in [-0.2, 0) is 0 Å². The third-order valence-electron chi connectivity index (χ3n) is 3.14. The quantitative estimate of drug-likeness (QED) is 0.806. The fourth-order valence-corrected chi connectivity index (χ4v) is 1.87. The molecule has 17 heavy (non-hydrogen) atoms. The van der Waals surface area contributed by atoms with Crippen molar-refractivity contribution in [2.45, 2.75) is 32.3 Å². The van der Waals surface area contributed by atoms with Crippen LogP contribution < -0.4 is 5.32 Å². The van der Waals surface area contributed by atoms with Crippen molar-refractivity contribution in [3.05, 3.63) is 29.6 Å². The minimum absolute atomic E-state index is 0.112. The topological polar surface area (TPSA) is 62.2 Å². The molecule has 0 bridgehead atoms. The first-order chi connectivity index (χ1) is 8.18. The summed E-state index contributed by atoms with van der Waals surface area (Å²) in [4.78, 5) is 15.9. The van der Waals surface area contributed by atoms with Gasteiger partial charge in [-0.05, 0) is 44.2 Å². The van der Waals surface area contributed by atoms with E-state index in [1.54, 1.807) is 18.3 Å². The maximum Gasteiger partial charge on any atom is 0.253 e. The molecule has 1 aliphatic carbocycles. The molecule has 4 nitrogen and oxygen atoms in total. The molecule has 1 aromatic heterocycles. The Morgan fingerprint density at radius 3 is 3.06 bits per heavy atom. The van der Waals surface area contributed by atoms with Crippen LogP contribution in [-0.4, -0.2) is 28.6 Å². The highest BCUT2D eigenvalue weighted by Gasteiger charge is 2.29. The van der Waals surface area contributed by atoms with E-state index in [2.05, 4.69) is 10.3 Å². The number of aliphatic hydroxyl groups is 1. The lowest BCUT2D eigenvalue weighted by molar-refractivity contribution is 0.0936. The molecule has 1 atom stereocenters. The fraction of sp³-hybridized carbons (Fsp3) is 0.538. The zero-order chi connectivity index (χ0) is 12.3. The van der Waals surface area contributed by atoms with E-state index in [1.807, 2.05) is 6.92 Å². The highest BCUT2D eigenvalue weighted by atomic mass is 16.3. The van der Waals surface area contributed by atoms with Crippen LogP contribution in [0, 0.1) is 12.8 Å². The van der Waals surface area contributed by atoms with E-state index in [0.717, 1.165) is 18.5 Å². The first-order valence-corrected chi connectivity index (χ1v) is 6.06. The molecule has 1 heterocycles. The van der Waals surface area contributed by atoms with E-state index in [1.165, 1.54) is 0 Å². The molecule has 1 fully saturated rings. The number of pyridine rings is 1. The second-order valence-corrected chi connectivity index (χ2v) is 4.59. The molecule has 4 heteroatoms. The van der Waals surface area contributed by atoms with Gasteiger partial charge in [0, 0.05) is 18.4 Å². The van der Waals surface area contributed by atoms with Gasteiger partial charge in [-0.15, -0.1) is 0 Å². The standard InChI is InChI=1S/C13H18N2O2/c1-9-11(3-2-7-14-9)13(17)15-8-6-12(16)10-4-5-10/h2-3,7,10,12,16H,4-6,8H2,1H3,(H,15,17). The number of aryl methyl sites for hydroxylation is 1. The monoisotopic (exact) mass is 234 g/mol. The van der Waals surface area contributed by atoms with Gasteiger partial charge in [0.15, 0.2) is 0 Å². The number of nitrogens with zero attached hydrogens (tertiary/aromatic N) is 1. The predicted octanol–water partition coefficient (Wildman–Crippen LogP) is 1.28. The molecule has 0 spiro atoms. The summed E-state index contributed by atoms with van der Waals surface area (Å²) in [7, 11) is 0. The van der Waals surface area contributed by atoms with Crippen LogP contribution >= 0.6 is 0 Å². The largest absolute Gasteiger partial charge is 0.393 e. The number of nitrogens with one attached hydrogen (secondary N) is 1. The van der Waals surface area contributed by atoms with E-state index in [9.17, 15) is 9.90 Å². The van der Waals surface area contributed by atoms with Gasteiger partial charge in [-0.25, -0.2) is 0 Å². The smallest absolute Gasteiger partial charge is 0.253 e. The lowest BCUT2D eigenvalue weighted by Gasteiger charge is -2.10. The summed E-state index contributed by atoms with van der Waals surface area (Å²) in [5.74, 6) is 0.352. The van der Waals surface area contributed by atoms with Crippen LogP contribution in [0.15, 0.2) is 18.3 Å². The maximum atomic E-state index is 11.8. The molecular weight excluding hydrogens is 216 g/mol. The van der Waals surface area contributed by atoms with E-state index in [0.29, 0.717) is 24.4 Å². The molecule has 92 valence electrons. The molecule has 1 aromatic rings. The Balaban J connectivity index is 1.79. The summed E-state index contributed by atoms with van der Waals surface area (Å²) in [5, 5.41) is 12.5. The van der Waals surface area contributed by atoms with Crippen molar-refractivity contribution in [1.82, 2.24) is 10.3 Å². The van der Waals surface area contributed by atoms with Gasteiger partial charge in [-0.2, -0.15) is 0 Å². The molecule has 1 amide bonds. The first kappa shape index (κ1) is 12.0. The number of carbonyl (C=O) groups is 1. The Bertz CT molecular complexity index is 402. The molecule has 0 radical (unpaired) electrons. The first-order valence-electron chi connectivity index (χ1n) is 6.06. The number of amides is 1. The van der Waals surface area contributed by atoms with Crippen molar-refractivity contribution in [3.63, 3.8) is 0 Å². The van der Waals surface area contributed by atoms with E-state index in [4.69, 9.17) is 0 Å². The Labute approximate surface area is 101 Å². The average Bonchev–Trinajstić information content (AvgIpc) is 3.13. The van der Waals surface area contributed by atoms with Crippen molar-refractivity contribution in [2.24, 2.45) is 5.92 Å². The number of hydrogen-bond acceptors (Lipinski definition) is 3. The number of aromatic nitrogens is 1. The summed E-state index contributed by atoms with van der Waals surface area (Å²) >= 11 is 0. The second-order valence-electron chi connectivity index (χ2n) is 4.59. The Morgan fingerprint density at radius 1 is 1.65 bits per heavy atom. The summed E-state index contributed by atoms with van der Waals surface area (Å²) in [6.07, 6.45) is 4.29. The molecule has 2 N–H and O–H groups in total. The SMILES string of the molecule is Cc1ncccc1C(=O)NCCC(O)C1CC1. The fourth-order valence-electron chi connectivity index (χ4n) is 1.87. The third-order valence-corrected chi connectivity index (χ3v) is 3.14. The van der Waals surface area contributed by atoms with Crippen LogP contribution in [0.25, 0.3) is 0 Å². The highest BCUT2D eigenvalue weighted by Crippen LogP contribution is 2.33. The zero-order valence-corrected chi connectivity index (χ0v) is 10.0. The highest BCUT2D eigenvalue weighted by molar-refractivity contribution is 5.95. The van der Waals surface area contributed by atoms with E-state index < -0.39 is 0 Å². The normalized spacial score (nSPS) is 16.6. The summed E-state index contributed by atoms with van der Waals surface area (Å²) in [5.41, 5.74) is 1.33. The van der Waals surface area contributed by atoms with Gasteiger partial charge in [-0.3, -0.25) is 9.78 Å². The minimum atomic E-state index is -0.259. The Morgan fingerprint density at radius 2 is 2.41 bits per heavy atom. The van der Waals surface area contributed by atoms with Gasteiger partial charge >= 0.3 is 0 Å². The van der Waals surface area contributed by atoms with Crippen molar-refractivity contribution in [2.75, 3.05) is 6.54 Å². The second kappa shape index (κ2) is 5.27. The van der Waals surface area contributed by atoms with Crippen LogP contribution in [0.5, 0.6) is 0 Å². The van der Waals surface area contributed by atoms with Gasteiger partial charge in [0.05, 0.1) is 11.7 Å². The number of hydrogen-bond donors (Lipinski definition) is 2. The van der Waals surface area contributed by atoms with Gasteiger partial charge < -0.3 is 10.4 Å². The van der Waals surface area contributed by atoms with Gasteiger partial charge in [0.25, 0.3) is 5.91 Å². The van der Waals surface area contributed by atoms with Crippen molar-refractivity contribution >= 4 is 5.91 Å². The van der Waals surface area contributed by atoms with E-state index in [-0.39, 0.29) is 12.0 Å². The summed E-state index contributed by atoms with van der Waals surface area (Å²) in [6, 6.07) is 3.51. The number of aliphatic hydroxyl groups excluding tert-OH is 1. The third kappa shape index (κ3) is 3.27. The Kier molecular flexibility index (Phi) is 3.74. The van der Waals surface area contributed by atoms with Gasteiger partial charge in [0.1, 0.15) is 0 Å².